The van der Waals surface area contributed by atoms with Crippen LogP contribution in [0, 0.1) is 11.8 Å². The van der Waals surface area contributed by atoms with E-state index >= 15 is 0 Å². The van der Waals surface area contributed by atoms with Gasteiger partial charge in [-0.3, -0.25) is 9.69 Å². The fourth-order valence-electron chi connectivity index (χ4n) is 5.81. The lowest BCUT2D eigenvalue weighted by molar-refractivity contribution is 0.0874. The number of aliphatic hydroxyl groups excluding tert-OH is 1. The molecule has 4 unspecified atom stereocenters. The molecule has 0 bridgehead atoms. The highest BCUT2D eigenvalue weighted by molar-refractivity contribution is 5.97. The first-order valence-corrected chi connectivity index (χ1v) is 13.4. The molecule has 8 nitrogen and oxygen atoms in total. The Morgan fingerprint density at radius 3 is 2.61 bits per heavy atom. The van der Waals surface area contributed by atoms with Crippen LogP contribution in [0.4, 0.5) is 5.69 Å². The van der Waals surface area contributed by atoms with Gasteiger partial charge in [0.2, 0.25) is 0 Å². The molecule has 1 aliphatic heterocycles. The summed E-state index contributed by atoms with van der Waals surface area (Å²) in [5.41, 5.74) is 11.8. The first-order chi connectivity index (χ1) is 18.2. The number of nitrogens with zero attached hydrogens (tertiary/aromatic N) is 2. The molecule has 208 valence electrons. The average molecular weight is 524 g/mol. The van der Waals surface area contributed by atoms with E-state index in [4.69, 9.17) is 10.5 Å². The number of ether oxygens (including phenoxy) is 1. The first-order valence-electron chi connectivity index (χ1n) is 13.4. The lowest BCUT2D eigenvalue weighted by Crippen LogP contribution is -2.41. The largest absolute Gasteiger partial charge is 0.496 e. The van der Waals surface area contributed by atoms with Gasteiger partial charge in [-0.15, -0.1) is 0 Å². The molecule has 1 amide bonds. The molecule has 2 aromatic carbocycles. The van der Waals surface area contributed by atoms with Gasteiger partial charge in [-0.25, -0.2) is 0 Å². The maximum absolute atomic E-state index is 12.5. The summed E-state index contributed by atoms with van der Waals surface area (Å²) in [6.45, 7) is 6.18. The Morgan fingerprint density at radius 1 is 1.29 bits per heavy atom. The number of nitrogens with two attached hydrogens (primary N) is 1. The van der Waals surface area contributed by atoms with E-state index in [1.807, 2.05) is 57.2 Å². The van der Waals surface area contributed by atoms with Crippen LogP contribution in [0.1, 0.15) is 36.2 Å². The van der Waals surface area contributed by atoms with Crippen LogP contribution in [-0.2, 0) is 6.54 Å². The third kappa shape index (κ3) is 6.31. The SMILES string of the molecule is CC/C=C(\N)C1C(C(C)O)C(CNC)CN1Cc1cccc(-c2cc(C(=O)NC)cc(N(C)C)c2)c1OC. The molecule has 8 heteroatoms. The number of carbonyl (C=O) groups is 1. The number of allylic oxidation sites excluding steroid dienone is 1. The van der Waals surface area contributed by atoms with Crippen LogP contribution in [0.5, 0.6) is 5.75 Å². The van der Waals surface area contributed by atoms with Crippen LogP contribution < -0.4 is 26.0 Å². The minimum Gasteiger partial charge on any atom is -0.496 e. The normalized spacial score (nSPS) is 20.8. The van der Waals surface area contributed by atoms with Crippen LogP contribution >= 0.6 is 0 Å². The van der Waals surface area contributed by atoms with Gasteiger partial charge in [0.05, 0.1) is 19.3 Å². The van der Waals surface area contributed by atoms with Gasteiger partial charge in [-0.1, -0.05) is 31.2 Å². The van der Waals surface area contributed by atoms with Crippen molar-refractivity contribution < 1.29 is 14.6 Å². The van der Waals surface area contributed by atoms with Crippen LogP contribution in [0.25, 0.3) is 11.1 Å². The Morgan fingerprint density at radius 2 is 2.03 bits per heavy atom. The first kappa shape index (κ1) is 29.5. The van der Waals surface area contributed by atoms with Crippen LogP contribution in [-0.4, -0.2) is 76.4 Å². The number of methoxy groups -OCH3 is 1. The topological polar surface area (TPSA) is 103 Å². The number of likely N-dealkylation sites (tertiary alicyclic amines) is 1. The highest BCUT2D eigenvalue weighted by atomic mass is 16.5. The summed E-state index contributed by atoms with van der Waals surface area (Å²) in [4.78, 5) is 16.9. The fraction of sp³-hybridized carbons (Fsp3) is 0.500. The molecule has 1 heterocycles. The zero-order chi connectivity index (χ0) is 28.0. The number of hydrogen-bond acceptors (Lipinski definition) is 7. The number of hydrogen-bond donors (Lipinski definition) is 4. The monoisotopic (exact) mass is 523 g/mol. The summed E-state index contributed by atoms with van der Waals surface area (Å²) in [5, 5.41) is 16.8. The summed E-state index contributed by atoms with van der Waals surface area (Å²) in [7, 11) is 9.19. The van der Waals surface area contributed by atoms with Crippen molar-refractivity contribution in [2.75, 3.05) is 53.3 Å². The summed E-state index contributed by atoms with van der Waals surface area (Å²) in [5.74, 6) is 0.915. The molecule has 4 atom stereocenters. The third-order valence-corrected chi connectivity index (χ3v) is 7.48. The van der Waals surface area contributed by atoms with E-state index in [0.717, 1.165) is 53.3 Å². The molecule has 1 saturated heterocycles. The van der Waals surface area contributed by atoms with E-state index in [-0.39, 0.29) is 23.8 Å². The zero-order valence-electron chi connectivity index (χ0n) is 23.9. The predicted octanol–water partition coefficient (Wildman–Crippen LogP) is 3.06. The predicted molar refractivity (Wildman–Crippen MR) is 155 cm³/mol. The standard InChI is InChI=1S/C30H45N5O3/c1-8-10-26(31)28-27(19(2)36)23(16-32-3)18-35(28)17-20-11-9-12-25(29(20)38-7)21-13-22(30(37)33-4)15-24(14-21)34(5)6/h9-15,19,23,27-28,32,36H,8,16-18,31H2,1-7H3,(H,33,37)/b26-10-. The number of carbonyl (C=O) groups excluding carboxylic acids is 1. The zero-order valence-corrected chi connectivity index (χ0v) is 23.9. The minimum atomic E-state index is -0.489. The van der Waals surface area contributed by atoms with Gasteiger partial charge in [0.15, 0.2) is 0 Å². The molecular formula is C30H45N5O3. The molecule has 5 N–H and O–H groups in total. The Balaban J connectivity index is 2.08. The van der Waals surface area contributed by atoms with E-state index in [2.05, 4.69) is 40.7 Å². The summed E-state index contributed by atoms with van der Waals surface area (Å²) < 4.78 is 6.01. The summed E-state index contributed by atoms with van der Waals surface area (Å²) in [6, 6.07) is 11.9. The van der Waals surface area contributed by atoms with E-state index in [9.17, 15) is 9.90 Å². The number of rotatable bonds is 11. The molecule has 1 fully saturated rings. The fourth-order valence-corrected chi connectivity index (χ4v) is 5.81. The van der Waals surface area contributed by atoms with Gasteiger partial charge in [0.25, 0.3) is 5.91 Å². The Kier molecular flexibility index (Phi) is 10.2. The Bertz CT molecular complexity index is 1130. The van der Waals surface area contributed by atoms with Crippen molar-refractivity contribution in [2.45, 2.75) is 39.0 Å². The number of anilines is 1. The summed E-state index contributed by atoms with van der Waals surface area (Å²) >= 11 is 0. The second kappa shape index (κ2) is 13.1. The number of para-hydroxylation sites is 1. The van der Waals surface area contributed by atoms with Gasteiger partial charge in [-0.2, -0.15) is 0 Å². The molecular weight excluding hydrogens is 478 g/mol. The number of nitrogens with one attached hydrogen (secondary N) is 2. The van der Waals surface area contributed by atoms with Gasteiger partial charge >= 0.3 is 0 Å². The van der Waals surface area contributed by atoms with Gasteiger partial charge < -0.3 is 31.1 Å². The number of benzene rings is 2. The van der Waals surface area contributed by atoms with Crippen molar-refractivity contribution in [3.8, 4) is 16.9 Å². The molecule has 0 saturated carbocycles. The van der Waals surface area contributed by atoms with Crippen molar-refractivity contribution in [2.24, 2.45) is 17.6 Å². The molecule has 1 aliphatic rings. The highest BCUT2D eigenvalue weighted by Crippen LogP contribution is 2.40. The van der Waals surface area contributed by atoms with Crippen LogP contribution in [0.15, 0.2) is 48.2 Å². The smallest absolute Gasteiger partial charge is 0.251 e. The maximum atomic E-state index is 12.5. The van der Waals surface area contributed by atoms with Crippen LogP contribution in [0.3, 0.4) is 0 Å². The van der Waals surface area contributed by atoms with E-state index in [1.54, 1.807) is 14.2 Å². The number of amides is 1. The number of aliphatic hydroxyl groups is 1. The Hall–Kier alpha value is -3.07. The lowest BCUT2D eigenvalue weighted by atomic mass is 9.84. The van der Waals surface area contributed by atoms with Crippen LogP contribution in [0.2, 0.25) is 0 Å². The molecule has 0 radical (unpaired) electrons. The van der Waals surface area contributed by atoms with Crippen molar-refractivity contribution in [1.82, 2.24) is 15.5 Å². The highest BCUT2D eigenvalue weighted by Gasteiger charge is 2.45. The van der Waals surface area contributed by atoms with E-state index in [0.29, 0.717) is 12.1 Å². The van der Waals surface area contributed by atoms with E-state index in [1.165, 1.54) is 0 Å². The van der Waals surface area contributed by atoms with Crippen molar-refractivity contribution in [3.05, 3.63) is 59.3 Å². The Labute approximate surface area is 227 Å². The molecule has 0 spiro atoms. The second-order valence-electron chi connectivity index (χ2n) is 10.4. The summed E-state index contributed by atoms with van der Waals surface area (Å²) in [6.07, 6.45) is 2.42. The second-order valence-corrected chi connectivity index (χ2v) is 10.4. The van der Waals surface area contributed by atoms with E-state index < -0.39 is 6.10 Å². The quantitative estimate of drug-likeness (QED) is 0.359. The van der Waals surface area contributed by atoms with Crippen molar-refractivity contribution >= 4 is 11.6 Å². The van der Waals surface area contributed by atoms with Gasteiger partial charge in [-0.05, 0) is 56.6 Å². The van der Waals surface area contributed by atoms with Crippen molar-refractivity contribution in [1.29, 1.82) is 0 Å². The molecule has 0 aliphatic carbocycles. The van der Waals surface area contributed by atoms with Gasteiger partial charge in [0.1, 0.15) is 5.75 Å². The molecule has 38 heavy (non-hydrogen) atoms. The molecule has 0 aromatic heterocycles. The third-order valence-electron chi connectivity index (χ3n) is 7.48. The minimum absolute atomic E-state index is 0.0197. The molecule has 2 aromatic rings. The van der Waals surface area contributed by atoms with Gasteiger partial charge in [0, 0.05) is 68.2 Å². The molecule has 3 rings (SSSR count). The average Bonchev–Trinajstić information content (AvgIpc) is 3.26. The van der Waals surface area contributed by atoms with Crippen molar-refractivity contribution in [3.63, 3.8) is 0 Å². The maximum Gasteiger partial charge on any atom is 0.251 e. The lowest BCUT2D eigenvalue weighted by Gasteiger charge is -2.31.